The molecule has 1 rings (SSSR count). The normalized spacial score (nSPS) is 14.5. The molecule has 0 spiro atoms. The average molecular weight is 192 g/mol. The number of benzene rings is 1. The van der Waals surface area contributed by atoms with Crippen LogP contribution in [0.1, 0.15) is 25.5 Å². The molecule has 0 bridgehead atoms. The van der Waals surface area contributed by atoms with Gasteiger partial charge >= 0.3 is 0 Å². The molecule has 2 nitrogen and oxygen atoms in total. The summed E-state index contributed by atoms with van der Waals surface area (Å²) in [5, 5.41) is 9.29. The molecule has 1 aromatic carbocycles. The number of hydrogen-bond acceptors (Lipinski definition) is 2. The molecular formula is C12H16O2. The molecular weight excluding hydrogens is 176 g/mol. The monoisotopic (exact) mass is 192 g/mol. The fourth-order valence-corrected chi connectivity index (χ4v) is 1.09. The van der Waals surface area contributed by atoms with E-state index in [9.17, 15) is 5.11 Å². The molecule has 0 saturated heterocycles. The first-order valence-electron chi connectivity index (χ1n) is 4.70. The Morgan fingerprint density at radius 2 is 1.86 bits per heavy atom. The van der Waals surface area contributed by atoms with E-state index < -0.39 is 6.10 Å². The van der Waals surface area contributed by atoms with Gasteiger partial charge in [-0.05, 0) is 31.5 Å². The number of hydrogen-bond donors (Lipinski definition) is 1. The topological polar surface area (TPSA) is 29.5 Å². The Balaban J connectivity index is 2.68. The van der Waals surface area contributed by atoms with Crippen LogP contribution in [-0.4, -0.2) is 11.2 Å². The first-order valence-corrected chi connectivity index (χ1v) is 4.70. The van der Waals surface area contributed by atoms with Crippen LogP contribution in [-0.2, 0) is 0 Å². The standard InChI is InChI=1S/C12H16O2/c1-4-9(2)14-12-7-5-11(6-8-12)10(3)13/h4-10,13H,1H2,2-3H3/t9?,10-/m0/s1. The Kier molecular flexibility index (Phi) is 3.72. The third kappa shape index (κ3) is 2.89. The second kappa shape index (κ2) is 4.82. The van der Waals surface area contributed by atoms with Crippen molar-refractivity contribution in [1.29, 1.82) is 0 Å². The van der Waals surface area contributed by atoms with Gasteiger partial charge < -0.3 is 9.84 Å². The number of rotatable bonds is 4. The molecule has 76 valence electrons. The lowest BCUT2D eigenvalue weighted by molar-refractivity contribution is 0.199. The summed E-state index contributed by atoms with van der Waals surface area (Å²) in [6, 6.07) is 7.41. The number of aliphatic hydroxyl groups excluding tert-OH is 1. The smallest absolute Gasteiger partial charge is 0.120 e. The van der Waals surface area contributed by atoms with E-state index in [1.165, 1.54) is 0 Å². The van der Waals surface area contributed by atoms with Gasteiger partial charge in [0, 0.05) is 0 Å². The van der Waals surface area contributed by atoms with Crippen molar-refractivity contribution in [3.05, 3.63) is 42.5 Å². The van der Waals surface area contributed by atoms with Gasteiger partial charge in [-0.1, -0.05) is 24.8 Å². The molecule has 1 N–H and O–H groups in total. The van der Waals surface area contributed by atoms with E-state index in [4.69, 9.17) is 4.74 Å². The zero-order valence-electron chi connectivity index (χ0n) is 8.60. The fourth-order valence-electron chi connectivity index (χ4n) is 1.09. The van der Waals surface area contributed by atoms with E-state index >= 15 is 0 Å². The van der Waals surface area contributed by atoms with Gasteiger partial charge in [0.05, 0.1) is 6.10 Å². The molecule has 1 unspecified atom stereocenters. The van der Waals surface area contributed by atoms with Gasteiger partial charge in [-0.2, -0.15) is 0 Å². The Morgan fingerprint density at radius 3 is 2.29 bits per heavy atom. The molecule has 0 heterocycles. The van der Waals surface area contributed by atoms with Crippen LogP contribution in [0.2, 0.25) is 0 Å². The van der Waals surface area contributed by atoms with Crippen molar-refractivity contribution in [1.82, 2.24) is 0 Å². The van der Waals surface area contributed by atoms with Gasteiger partial charge in [0.2, 0.25) is 0 Å². The van der Waals surface area contributed by atoms with Crippen LogP contribution in [0.3, 0.4) is 0 Å². The lowest BCUT2D eigenvalue weighted by Gasteiger charge is -2.11. The Bertz CT molecular complexity index is 288. The Hall–Kier alpha value is -1.28. The van der Waals surface area contributed by atoms with Crippen LogP contribution in [0.4, 0.5) is 0 Å². The van der Waals surface area contributed by atoms with Crippen molar-refractivity contribution in [2.45, 2.75) is 26.1 Å². The second-order valence-electron chi connectivity index (χ2n) is 3.30. The molecule has 0 aliphatic rings. The van der Waals surface area contributed by atoms with E-state index in [0.29, 0.717) is 0 Å². The molecule has 2 atom stereocenters. The highest BCUT2D eigenvalue weighted by atomic mass is 16.5. The largest absolute Gasteiger partial charge is 0.487 e. The van der Waals surface area contributed by atoms with Gasteiger partial charge in [-0.25, -0.2) is 0 Å². The van der Waals surface area contributed by atoms with Crippen molar-refractivity contribution < 1.29 is 9.84 Å². The highest BCUT2D eigenvalue weighted by Crippen LogP contribution is 2.18. The molecule has 2 heteroatoms. The molecule has 0 radical (unpaired) electrons. The van der Waals surface area contributed by atoms with Gasteiger partial charge in [-0.3, -0.25) is 0 Å². The minimum Gasteiger partial charge on any atom is -0.487 e. The van der Waals surface area contributed by atoms with Crippen molar-refractivity contribution in [3.63, 3.8) is 0 Å². The molecule has 14 heavy (non-hydrogen) atoms. The predicted octanol–water partition coefficient (Wildman–Crippen LogP) is 2.69. The minimum absolute atomic E-state index is 0.00685. The fraction of sp³-hybridized carbons (Fsp3) is 0.333. The van der Waals surface area contributed by atoms with E-state index in [2.05, 4.69) is 6.58 Å². The van der Waals surface area contributed by atoms with Crippen LogP contribution in [0, 0.1) is 0 Å². The van der Waals surface area contributed by atoms with Crippen LogP contribution in [0.25, 0.3) is 0 Å². The van der Waals surface area contributed by atoms with Crippen molar-refractivity contribution in [3.8, 4) is 5.75 Å². The summed E-state index contributed by atoms with van der Waals surface area (Å²) in [7, 11) is 0. The average Bonchev–Trinajstić information content (AvgIpc) is 2.18. The highest BCUT2D eigenvalue weighted by Gasteiger charge is 2.02. The Morgan fingerprint density at radius 1 is 1.29 bits per heavy atom. The highest BCUT2D eigenvalue weighted by molar-refractivity contribution is 5.28. The van der Waals surface area contributed by atoms with Crippen molar-refractivity contribution in [2.75, 3.05) is 0 Å². The SMILES string of the molecule is C=CC(C)Oc1ccc([C@H](C)O)cc1. The maximum atomic E-state index is 9.29. The van der Waals surface area contributed by atoms with E-state index in [1.54, 1.807) is 13.0 Å². The van der Waals surface area contributed by atoms with Crippen molar-refractivity contribution in [2.24, 2.45) is 0 Å². The molecule has 0 fully saturated rings. The zero-order valence-corrected chi connectivity index (χ0v) is 8.60. The van der Waals surface area contributed by atoms with Crippen molar-refractivity contribution >= 4 is 0 Å². The van der Waals surface area contributed by atoms with Gasteiger partial charge in [0.1, 0.15) is 11.9 Å². The molecule has 0 aromatic heterocycles. The lowest BCUT2D eigenvalue weighted by atomic mass is 10.1. The summed E-state index contributed by atoms with van der Waals surface area (Å²) in [6.07, 6.45) is 1.32. The minimum atomic E-state index is -0.430. The number of ether oxygens (including phenoxy) is 1. The van der Waals surface area contributed by atoms with Gasteiger partial charge in [-0.15, -0.1) is 0 Å². The number of aliphatic hydroxyl groups is 1. The van der Waals surface area contributed by atoms with E-state index in [-0.39, 0.29) is 6.10 Å². The first-order chi connectivity index (χ1) is 6.63. The van der Waals surface area contributed by atoms with Crippen LogP contribution < -0.4 is 4.74 Å². The molecule has 0 saturated carbocycles. The molecule has 0 aliphatic carbocycles. The van der Waals surface area contributed by atoms with E-state index in [0.717, 1.165) is 11.3 Å². The quantitative estimate of drug-likeness (QED) is 0.743. The van der Waals surface area contributed by atoms with Crippen LogP contribution in [0.15, 0.2) is 36.9 Å². The van der Waals surface area contributed by atoms with Crippen LogP contribution >= 0.6 is 0 Å². The molecule has 0 amide bonds. The molecule has 1 aromatic rings. The van der Waals surface area contributed by atoms with Crippen LogP contribution in [0.5, 0.6) is 5.75 Å². The Labute approximate surface area is 84.8 Å². The summed E-state index contributed by atoms with van der Waals surface area (Å²) >= 11 is 0. The third-order valence-corrected chi connectivity index (χ3v) is 2.02. The molecule has 0 aliphatic heterocycles. The second-order valence-corrected chi connectivity index (χ2v) is 3.30. The summed E-state index contributed by atoms with van der Waals surface area (Å²) in [4.78, 5) is 0. The summed E-state index contributed by atoms with van der Waals surface area (Å²) in [6.45, 7) is 7.30. The van der Waals surface area contributed by atoms with E-state index in [1.807, 2.05) is 31.2 Å². The maximum Gasteiger partial charge on any atom is 0.120 e. The van der Waals surface area contributed by atoms with Gasteiger partial charge in [0.25, 0.3) is 0 Å². The maximum absolute atomic E-state index is 9.29. The third-order valence-electron chi connectivity index (χ3n) is 2.02. The predicted molar refractivity (Wildman–Crippen MR) is 57.4 cm³/mol. The lowest BCUT2D eigenvalue weighted by Crippen LogP contribution is -2.07. The zero-order chi connectivity index (χ0) is 10.6. The summed E-state index contributed by atoms with van der Waals surface area (Å²) in [5.74, 6) is 0.793. The van der Waals surface area contributed by atoms with Gasteiger partial charge in [0.15, 0.2) is 0 Å². The summed E-state index contributed by atoms with van der Waals surface area (Å²) in [5.41, 5.74) is 0.892. The summed E-state index contributed by atoms with van der Waals surface area (Å²) < 4.78 is 5.50. The first kappa shape index (κ1) is 10.8.